The van der Waals surface area contributed by atoms with Crippen LogP contribution in [-0.2, 0) is 9.59 Å². The van der Waals surface area contributed by atoms with Crippen molar-refractivity contribution in [2.45, 2.75) is 13.0 Å². The highest BCUT2D eigenvalue weighted by Gasteiger charge is 2.17. The largest absolute Gasteiger partial charge is 0.480 e. The van der Waals surface area contributed by atoms with Crippen molar-refractivity contribution in [1.82, 2.24) is 5.32 Å². The van der Waals surface area contributed by atoms with Gasteiger partial charge in [0.25, 0.3) is 0 Å². The number of hydrogen-bond donors (Lipinski definition) is 3. The molecule has 86 valence electrons. The van der Waals surface area contributed by atoms with Crippen LogP contribution < -0.4 is 5.32 Å². The van der Waals surface area contributed by atoms with E-state index in [2.05, 4.69) is 5.32 Å². The highest BCUT2D eigenvalue weighted by molar-refractivity contribution is 7.99. The molecule has 15 heavy (non-hydrogen) atoms. The number of thioether (sulfide) groups is 1. The van der Waals surface area contributed by atoms with Gasteiger partial charge >= 0.3 is 5.97 Å². The highest BCUT2D eigenvalue weighted by atomic mass is 32.2. The van der Waals surface area contributed by atoms with Gasteiger partial charge in [0.05, 0.1) is 6.61 Å². The molecular weight excluding hydrogens is 218 g/mol. The fourth-order valence-electron chi connectivity index (χ4n) is 0.817. The molecule has 0 rings (SSSR count). The smallest absolute Gasteiger partial charge is 0.327 e. The second-order valence-corrected chi connectivity index (χ2v) is 3.86. The van der Waals surface area contributed by atoms with Crippen LogP contribution in [0.1, 0.15) is 6.92 Å². The van der Waals surface area contributed by atoms with Crippen molar-refractivity contribution in [2.24, 2.45) is 0 Å². The first-order chi connectivity index (χ1) is 7.07. The standard InChI is InChI=1S/C9H15NO4S/c1-7(12)10-8(9(13)14)6-15-5-3-2-4-11/h2-3,8,11H,4-6H2,1H3,(H,10,12)(H,13,14)/t8-/m0/s1. The van der Waals surface area contributed by atoms with Crippen LogP contribution in [-0.4, -0.2) is 46.2 Å². The molecule has 0 saturated heterocycles. The Bertz CT molecular complexity index is 242. The molecule has 5 nitrogen and oxygen atoms in total. The monoisotopic (exact) mass is 233 g/mol. The minimum Gasteiger partial charge on any atom is -0.480 e. The van der Waals surface area contributed by atoms with Crippen molar-refractivity contribution in [3.8, 4) is 0 Å². The predicted octanol–water partition coefficient (Wildman–Crippen LogP) is -0.143. The molecule has 0 aromatic rings. The van der Waals surface area contributed by atoms with Gasteiger partial charge in [0.1, 0.15) is 6.04 Å². The Kier molecular flexibility index (Phi) is 7.75. The first-order valence-electron chi connectivity index (χ1n) is 4.41. The third kappa shape index (κ3) is 8.02. The third-order valence-electron chi connectivity index (χ3n) is 1.45. The molecule has 0 unspecified atom stereocenters. The average Bonchev–Trinajstić information content (AvgIpc) is 2.15. The Morgan fingerprint density at radius 3 is 2.60 bits per heavy atom. The number of aliphatic hydroxyl groups excluding tert-OH is 1. The number of hydrogen-bond acceptors (Lipinski definition) is 4. The Balaban J connectivity index is 3.81. The van der Waals surface area contributed by atoms with Gasteiger partial charge in [0.2, 0.25) is 5.91 Å². The summed E-state index contributed by atoms with van der Waals surface area (Å²) in [6, 6.07) is -0.852. The summed E-state index contributed by atoms with van der Waals surface area (Å²) in [6.45, 7) is 1.26. The predicted molar refractivity (Wildman–Crippen MR) is 58.8 cm³/mol. The molecule has 0 spiro atoms. The number of carbonyl (C=O) groups excluding carboxylic acids is 1. The van der Waals surface area contributed by atoms with E-state index in [0.717, 1.165) is 0 Å². The number of carboxylic acid groups (broad SMARTS) is 1. The number of carboxylic acids is 1. The maximum atomic E-state index is 10.7. The van der Waals surface area contributed by atoms with Crippen molar-refractivity contribution in [3.05, 3.63) is 12.2 Å². The van der Waals surface area contributed by atoms with Crippen LogP contribution in [0.25, 0.3) is 0 Å². The SMILES string of the molecule is CC(=O)N[C@@H](CSCC=CCO)C(=O)O. The van der Waals surface area contributed by atoms with Gasteiger partial charge in [0.15, 0.2) is 0 Å². The molecule has 6 heteroatoms. The van der Waals surface area contributed by atoms with Crippen LogP contribution in [0, 0.1) is 0 Å². The minimum atomic E-state index is -1.04. The number of nitrogens with one attached hydrogen (secondary N) is 1. The lowest BCUT2D eigenvalue weighted by atomic mass is 10.3. The van der Waals surface area contributed by atoms with Gasteiger partial charge in [-0.2, -0.15) is 11.8 Å². The molecule has 0 aromatic heterocycles. The molecule has 0 bridgehead atoms. The average molecular weight is 233 g/mol. The van der Waals surface area contributed by atoms with Crippen molar-refractivity contribution < 1.29 is 19.8 Å². The normalized spacial score (nSPS) is 12.7. The van der Waals surface area contributed by atoms with Gasteiger partial charge in [-0.05, 0) is 0 Å². The zero-order chi connectivity index (χ0) is 11.7. The first-order valence-corrected chi connectivity index (χ1v) is 5.57. The molecule has 0 aliphatic rings. The van der Waals surface area contributed by atoms with E-state index in [4.69, 9.17) is 10.2 Å². The Hall–Kier alpha value is -1.01. The summed E-state index contributed by atoms with van der Waals surface area (Å²) in [7, 11) is 0. The molecule has 0 aromatic carbocycles. The molecule has 0 radical (unpaired) electrons. The second kappa shape index (κ2) is 8.31. The summed E-state index contributed by atoms with van der Waals surface area (Å²) in [5, 5.41) is 19.5. The molecule has 0 saturated carbocycles. The van der Waals surface area contributed by atoms with E-state index in [1.165, 1.54) is 18.7 Å². The number of aliphatic carboxylic acids is 1. The maximum absolute atomic E-state index is 10.7. The Morgan fingerprint density at radius 1 is 1.47 bits per heavy atom. The van der Waals surface area contributed by atoms with E-state index in [0.29, 0.717) is 11.5 Å². The van der Waals surface area contributed by atoms with E-state index in [9.17, 15) is 9.59 Å². The zero-order valence-electron chi connectivity index (χ0n) is 8.47. The van der Waals surface area contributed by atoms with Gasteiger partial charge in [-0.25, -0.2) is 4.79 Å². The van der Waals surface area contributed by atoms with Crippen LogP contribution in [0.3, 0.4) is 0 Å². The molecule has 3 N–H and O–H groups in total. The van der Waals surface area contributed by atoms with Crippen molar-refractivity contribution >= 4 is 23.6 Å². The molecular formula is C9H15NO4S. The summed E-state index contributed by atoms with van der Waals surface area (Å²) in [6.07, 6.45) is 3.33. The molecule has 0 aliphatic carbocycles. The topological polar surface area (TPSA) is 86.6 Å². The van der Waals surface area contributed by atoms with Crippen LogP contribution in [0.5, 0.6) is 0 Å². The van der Waals surface area contributed by atoms with Gasteiger partial charge < -0.3 is 15.5 Å². The van der Waals surface area contributed by atoms with Gasteiger partial charge in [-0.1, -0.05) is 12.2 Å². The molecule has 1 atom stereocenters. The van der Waals surface area contributed by atoms with E-state index < -0.39 is 12.0 Å². The van der Waals surface area contributed by atoms with E-state index in [-0.39, 0.29) is 12.5 Å². The lowest BCUT2D eigenvalue weighted by molar-refractivity contribution is -0.140. The Morgan fingerprint density at radius 2 is 2.13 bits per heavy atom. The number of carbonyl (C=O) groups is 2. The van der Waals surface area contributed by atoms with Gasteiger partial charge in [-0.3, -0.25) is 4.79 Å². The fourth-order valence-corrected chi connectivity index (χ4v) is 1.69. The molecule has 1 amide bonds. The maximum Gasteiger partial charge on any atom is 0.327 e. The fraction of sp³-hybridized carbons (Fsp3) is 0.556. The van der Waals surface area contributed by atoms with E-state index in [1.807, 2.05) is 0 Å². The van der Waals surface area contributed by atoms with Crippen LogP contribution in [0.4, 0.5) is 0 Å². The lowest BCUT2D eigenvalue weighted by Crippen LogP contribution is -2.41. The third-order valence-corrected chi connectivity index (χ3v) is 2.44. The number of rotatable bonds is 7. The van der Waals surface area contributed by atoms with Gasteiger partial charge in [0, 0.05) is 18.4 Å². The van der Waals surface area contributed by atoms with Crippen molar-refractivity contribution in [2.75, 3.05) is 18.1 Å². The summed E-state index contributed by atoms with van der Waals surface area (Å²) >= 11 is 1.38. The Labute approximate surface area is 92.6 Å². The summed E-state index contributed by atoms with van der Waals surface area (Å²) in [4.78, 5) is 21.3. The van der Waals surface area contributed by atoms with Crippen LogP contribution in [0.15, 0.2) is 12.2 Å². The molecule has 0 aliphatic heterocycles. The summed E-state index contributed by atoms with van der Waals surface area (Å²) in [5.41, 5.74) is 0. The highest BCUT2D eigenvalue weighted by Crippen LogP contribution is 2.03. The van der Waals surface area contributed by atoms with Crippen molar-refractivity contribution in [1.29, 1.82) is 0 Å². The van der Waals surface area contributed by atoms with Crippen LogP contribution in [0.2, 0.25) is 0 Å². The molecule has 0 fully saturated rings. The lowest BCUT2D eigenvalue weighted by Gasteiger charge is -2.11. The summed E-state index contributed by atoms with van der Waals surface area (Å²) in [5.74, 6) is -0.466. The quantitative estimate of drug-likeness (QED) is 0.421. The first kappa shape index (κ1) is 14.0. The zero-order valence-corrected chi connectivity index (χ0v) is 9.29. The summed E-state index contributed by atoms with van der Waals surface area (Å²) < 4.78 is 0. The van der Waals surface area contributed by atoms with Gasteiger partial charge in [-0.15, -0.1) is 0 Å². The number of amides is 1. The molecule has 0 heterocycles. The van der Waals surface area contributed by atoms with E-state index >= 15 is 0 Å². The van der Waals surface area contributed by atoms with Crippen molar-refractivity contribution in [3.63, 3.8) is 0 Å². The van der Waals surface area contributed by atoms with Crippen LogP contribution >= 0.6 is 11.8 Å². The number of aliphatic hydroxyl groups is 1. The minimum absolute atomic E-state index is 0.0192. The van der Waals surface area contributed by atoms with E-state index in [1.54, 1.807) is 12.2 Å². The second-order valence-electron chi connectivity index (χ2n) is 2.78.